The summed E-state index contributed by atoms with van der Waals surface area (Å²) in [5.74, 6) is -0.683. The molecule has 31 heavy (non-hydrogen) atoms. The number of benzene rings is 2. The van der Waals surface area contributed by atoms with E-state index in [0.29, 0.717) is 39.2 Å². The van der Waals surface area contributed by atoms with Gasteiger partial charge in [-0.25, -0.2) is 0 Å². The minimum atomic E-state index is -0.559. The molecule has 0 atom stereocenters. The molecule has 0 aliphatic rings. The zero-order valence-electron chi connectivity index (χ0n) is 17.0. The van der Waals surface area contributed by atoms with E-state index in [0.717, 1.165) is 0 Å². The lowest BCUT2D eigenvalue weighted by Gasteiger charge is -2.13. The zero-order valence-corrected chi connectivity index (χ0v) is 18.5. The van der Waals surface area contributed by atoms with Crippen LogP contribution in [0.1, 0.15) is 23.2 Å². The van der Waals surface area contributed by atoms with E-state index in [4.69, 9.17) is 37.4 Å². The Balaban J connectivity index is 1.72. The van der Waals surface area contributed by atoms with Gasteiger partial charge in [0.2, 0.25) is 0 Å². The van der Waals surface area contributed by atoms with E-state index in [-0.39, 0.29) is 18.9 Å². The van der Waals surface area contributed by atoms with Crippen molar-refractivity contribution in [3.8, 4) is 11.5 Å². The van der Waals surface area contributed by atoms with Crippen LogP contribution in [0.4, 0.5) is 5.69 Å². The van der Waals surface area contributed by atoms with Crippen LogP contribution in [0.25, 0.3) is 0 Å². The molecule has 0 bridgehead atoms. The number of nitrogens with one attached hydrogen (secondary N) is 2. The number of esters is 1. The third-order valence-corrected chi connectivity index (χ3v) is 4.61. The number of hydrogen-bond donors (Lipinski definition) is 2. The van der Waals surface area contributed by atoms with Crippen molar-refractivity contribution in [3.05, 3.63) is 52.0 Å². The molecular formula is C21H22Cl2N2O6. The molecule has 2 N–H and O–H groups in total. The van der Waals surface area contributed by atoms with Crippen molar-refractivity contribution in [2.24, 2.45) is 0 Å². The second-order valence-corrected chi connectivity index (χ2v) is 7.11. The first kappa shape index (κ1) is 24.3. The summed E-state index contributed by atoms with van der Waals surface area (Å²) in [5, 5.41) is 6.14. The van der Waals surface area contributed by atoms with Crippen molar-refractivity contribution in [3.63, 3.8) is 0 Å². The highest BCUT2D eigenvalue weighted by Crippen LogP contribution is 2.35. The molecule has 2 aromatic rings. The van der Waals surface area contributed by atoms with Gasteiger partial charge in [0.1, 0.15) is 11.5 Å². The third kappa shape index (κ3) is 7.66. The Kier molecular flexibility index (Phi) is 9.42. The molecule has 10 heteroatoms. The normalized spacial score (nSPS) is 10.2. The van der Waals surface area contributed by atoms with Gasteiger partial charge in [-0.1, -0.05) is 23.2 Å². The summed E-state index contributed by atoms with van der Waals surface area (Å²) in [6, 6.07) is 9.46. The topological polar surface area (TPSA) is 103 Å². The van der Waals surface area contributed by atoms with Gasteiger partial charge < -0.3 is 24.8 Å². The fourth-order valence-electron chi connectivity index (χ4n) is 2.50. The lowest BCUT2D eigenvalue weighted by Crippen LogP contribution is -2.25. The summed E-state index contributed by atoms with van der Waals surface area (Å²) in [7, 11) is 2.87. The smallest absolute Gasteiger partial charge is 0.306 e. The molecule has 166 valence electrons. The second-order valence-electron chi connectivity index (χ2n) is 6.26. The SMILES string of the molecule is COc1cc(NC(=O)COC(=O)CCCNC(=O)c2ccc(Cl)cc2)c(OC)cc1Cl. The van der Waals surface area contributed by atoms with Crippen molar-refractivity contribution < 1.29 is 28.6 Å². The number of carbonyl (C=O) groups excluding carboxylic acids is 3. The quantitative estimate of drug-likeness (QED) is 0.407. The van der Waals surface area contributed by atoms with E-state index in [2.05, 4.69) is 10.6 Å². The van der Waals surface area contributed by atoms with Crippen molar-refractivity contribution in [2.75, 3.05) is 32.7 Å². The van der Waals surface area contributed by atoms with Crippen molar-refractivity contribution in [1.29, 1.82) is 0 Å². The van der Waals surface area contributed by atoms with Crippen LogP contribution in [0, 0.1) is 0 Å². The highest BCUT2D eigenvalue weighted by Gasteiger charge is 2.14. The highest BCUT2D eigenvalue weighted by molar-refractivity contribution is 6.32. The Hall–Kier alpha value is -2.97. The van der Waals surface area contributed by atoms with Gasteiger partial charge in [0.25, 0.3) is 11.8 Å². The average molecular weight is 469 g/mol. The van der Waals surface area contributed by atoms with Crippen LogP contribution >= 0.6 is 23.2 Å². The number of amides is 2. The minimum Gasteiger partial charge on any atom is -0.495 e. The van der Waals surface area contributed by atoms with Gasteiger partial charge in [-0.05, 0) is 30.7 Å². The lowest BCUT2D eigenvalue weighted by molar-refractivity contribution is -0.147. The Morgan fingerprint density at radius 1 is 0.968 bits per heavy atom. The van der Waals surface area contributed by atoms with Gasteiger partial charge in [0.05, 0.1) is 24.9 Å². The minimum absolute atomic E-state index is 0.0479. The Morgan fingerprint density at radius 2 is 1.65 bits per heavy atom. The zero-order chi connectivity index (χ0) is 22.8. The second kappa shape index (κ2) is 12.0. The molecule has 0 aromatic heterocycles. The largest absolute Gasteiger partial charge is 0.495 e. The first-order valence-corrected chi connectivity index (χ1v) is 10.0. The molecule has 8 nitrogen and oxygen atoms in total. The monoisotopic (exact) mass is 468 g/mol. The van der Waals surface area contributed by atoms with E-state index < -0.39 is 18.5 Å². The molecule has 0 fully saturated rings. The van der Waals surface area contributed by atoms with Crippen molar-refractivity contribution >= 4 is 46.7 Å². The number of carbonyl (C=O) groups is 3. The average Bonchev–Trinajstić information content (AvgIpc) is 2.76. The maximum Gasteiger partial charge on any atom is 0.306 e. The standard InChI is InChI=1S/C21H22Cl2N2O6/c1-29-17-11-16(18(30-2)10-15(17)23)25-19(26)12-31-20(27)4-3-9-24-21(28)13-5-7-14(22)8-6-13/h5-8,10-11H,3-4,9,12H2,1-2H3,(H,24,28)(H,25,26). The van der Waals surface area contributed by atoms with Crippen LogP contribution in [0.5, 0.6) is 11.5 Å². The van der Waals surface area contributed by atoms with Crippen LogP contribution in [-0.4, -0.2) is 45.2 Å². The number of methoxy groups -OCH3 is 2. The maximum atomic E-state index is 12.1. The summed E-state index contributed by atoms with van der Waals surface area (Å²) in [4.78, 5) is 35.9. The number of ether oxygens (including phenoxy) is 3. The predicted molar refractivity (Wildman–Crippen MR) is 117 cm³/mol. The summed E-state index contributed by atoms with van der Waals surface area (Å²) in [5.41, 5.74) is 0.799. The van der Waals surface area contributed by atoms with Gasteiger partial charge in [-0.3, -0.25) is 14.4 Å². The molecule has 0 saturated heterocycles. The molecule has 0 aliphatic carbocycles. The Bertz CT molecular complexity index is 934. The fourth-order valence-corrected chi connectivity index (χ4v) is 2.86. The highest BCUT2D eigenvalue weighted by atomic mass is 35.5. The third-order valence-electron chi connectivity index (χ3n) is 4.06. The molecule has 0 aliphatic heterocycles. The molecule has 0 heterocycles. The fraction of sp³-hybridized carbons (Fsp3) is 0.286. The molecule has 2 aromatic carbocycles. The van der Waals surface area contributed by atoms with E-state index in [1.165, 1.54) is 26.4 Å². The molecular weight excluding hydrogens is 447 g/mol. The van der Waals surface area contributed by atoms with E-state index in [9.17, 15) is 14.4 Å². The van der Waals surface area contributed by atoms with Gasteiger partial charge in [-0.15, -0.1) is 0 Å². The molecule has 0 saturated carbocycles. The van der Waals surface area contributed by atoms with Crippen molar-refractivity contribution in [1.82, 2.24) is 5.32 Å². The number of halogens is 2. The van der Waals surface area contributed by atoms with E-state index in [1.807, 2.05) is 0 Å². The van der Waals surface area contributed by atoms with Crippen LogP contribution in [-0.2, 0) is 14.3 Å². The summed E-state index contributed by atoms with van der Waals surface area (Å²) in [6.07, 6.45) is 0.411. The molecule has 0 radical (unpaired) electrons. The Morgan fingerprint density at radius 3 is 2.29 bits per heavy atom. The number of hydrogen-bond acceptors (Lipinski definition) is 6. The van der Waals surface area contributed by atoms with Crippen LogP contribution in [0.15, 0.2) is 36.4 Å². The van der Waals surface area contributed by atoms with Gasteiger partial charge in [0, 0.05) is 35.7 Å². The summed E-state index contributed by atoms with van der Waals surface area (Å²) >= 11 is 11.8. The Labute approximate surface area is 189 Å². The molecule has 2 rings (SSSR count). The predicted octanol–water partition coefficient (Wildman–Crippen LogP) is 3.70. The van der Waals surface area contributed by atoms with Crippen LogP contribution < -0.4 is 20.1 Å². The number of rotatable bonds is 10. The van der Waals surface area contributed by atoms with Crippen LogP contribution in [0.3, 0.4) is 0 Å². The maximum absolute atomic E-state index is 12.1. The molecule has 0 unspecified atom stereocenters. The summed E-state index contributed by atoms with van der Waals surface area (Å²) in [6.45, 7) is -0.186. The van der Waals surface area contributed by atoms with Gasteiger partial charge >= 0.3 is 5.97 Å². The molecule has 2 amide bonds. The number of anilines is 1. The van der Waals surface area contributed by atoms with E-state index >= 15 is 0 Å². The summed E-state index contributed by atoms with van der Waals surface area (Å²) < 4.78 is 15.2. The van der Waals surface area contributed by atoms with Crippen molar-refractivity contribution in [2.45, 2.75) is 12.8 Å². The molecule has 0 spiro atoms. The van der Waals surface area contributed by atoms with E-state index in [1.54, 1.807) is 24.3 Å². The van der Waals surface area contributed by atoms with Crippen LogP contribution in [0.2, 0.25) is 10.0 Å². The van der Waals surface area contributed by atoms with Gasteiger partial charge in [0.15, 0.2) is 6.61 Å². The van der Waals surface area contributed by atoms with Gasteiger partial charge in [-0.2, -0.15) is 0 Å². The lowest BCUT2D eigenvalue weighted by atomic mass is 10.2. The first-order valence-electron chi connectivity index (χ1n) is 9.24. The first-order chi connectivity index (χ1) is 14.8.